The van der Waals surface area contributed by atoms with E-state index in [1.165, 1.54) is 0 Å². The van der Waals surface area contributed by atoms with Gasteiger partial charge in [-0.25, -0.2) is 4.79 Å². The van der Waals surface area contributed by atoms with E-state index in [1.807, 2.05) is 0 Å². The predicted molar refractivity (Wildman–Crippen MR) is 55.6 cm³/mol. The average molecular weight is 229 g/mol. The van der Waals surface area contributed by atoms with Gasteiger partial charge in [0.15, 0.2) is 0 Å². The highest BCUT2D eigenvalue weighted by Crippen LogP contribution is 1.97. The predicted octanol–water partition coefficient (Wildman–Crippen LogP) is 0.0851. The molecule has 0 aliphatic heterocycles. The van der Waals surface area contributed by atoms with Gasteiger partial charge in [-0.1, -0.05) is 6.08 Å². The highest BCUT2D eigenvalue weighted by atomic mass is 16.5. The van der Waals surface area contributed by atoms with Gasteiger partial charge in [0.25, 0.3) is 0 Å². The maximum absolute atomic E-state index is 11.2. The van der Waals surface area contributed by atoms with Crippen molar-refractivity contribution in [2.45, 2.75) is 25.3 Å². The maximum Gasteiger partial charge on any atom is 0.326 e. The Hall–Kier alpha value is -1.85. The minimum absolute atomic E-state index is 0.147. The van der Waals surface area contributed by atoms with Crippen molar-refractivity contribution < 1.29 is 24.2 Å². The summed E-state index contributed by atoms with van der Waals surface area (Å²) in [6.45, 7) is 3.44. The molecule has 90 valence electrons. The number of nitrogens with one attached hydrogen (secondary N) is 1. The van der Waals surface area contributed by atoms with Crippen molar-refractivity contribution in [1.82, 2.24) is 5.32 Å². The zero-order valence-corrected chi connectivity index (χ0v) is 9.06. The number of ether oxygens (including phenoxy) is 1. The first-order valence-corrected chi connectivity index (χ1v) is 4.71. The van der Waals surface area contributed by atoms with E-state index in [-0.39, 0.29) is 12.8 Å². The van der Waals surface area contributed by atoms with E-state index in [1.54, 1.807) is 6.08 Å². The van der Waals surface area contributed by atoms with Crippen molar-refractivity contribution in [3.8, 4) is 0 Å². The Morgan fingerprint density at radius 1 is 1.50 bits per heavy atom. The van der Waals surface area contributed by atoms with E-state index in [9.17, 15) is 14.4 Å². The maximum atomic E-state index is 11.2. The number of carboxylic acid groups (broad SMARTS) is 1. The van der Waals surface area contributed by atoms with E-state index in [0.29, 0.717) is 6.42 Å². The lowest BCUT2D eigenvalue weighted by Crippen LogP contribution is -2.42. The molecule has 0 bridgehead atoms. The van der Waals surface area contributed by atoms with Gasteiger partial charge in [0.05, 0.1) is 13.5 Å². The molecule has 0 radical (unpaired) electrons. The van der Waals surface area contributed by atoms with Crippen LogP contribution in [-0.4, -0.2) is 36.1 Å². The Morgan fingerprint density at radius 2 is 2.12 bits per heavy atom. The fourth-order valence-electron chi connectivity index (χ4n) is 0.950. The van der Waals surface area contributed by atoms with E-state index in [0.717, 1.165) is 7.11 Å². The molecule has 1 amide bonds. The van der Waals surface area contributed by atoms with Crippen molar-refractivity contribution in [2.24, 2.45) is 0 Å². The van der Waals surface area contributed by atoms with E-state index in [2.05, 4.69) is 16.6 Å². The number of carbonyl (C=O) groups is 3. The zero-order valence-electron chi connectivity index (χ0n) is 9.06. The van der Waals surface area contributed by atoms with Crippen LogP contribution < -0.4 is 5.32 Å². The van der Waals surface area contributed by atoms with Crippen LogP contribution in [0.3, 0.4) is 0 Å². The molecule has 0 aliphatic carbocycles. The molecule has 16 heavy (non-hydrogen) atoms. The lowest BCUT2D eigenvalue weighted by atomic mass is 10.2. The molecular weight excluding hydrogens is 214 g/mol. The van der Waals surface area contributed by atoms with Crippen LogP contribution in [0.25, 0.3) is 0 Å². The molecular formula is C10H15NO5. The molecule has 0 saturated carbocycles. The molecule has 1 atom stereocenters. The van der Waals surface area contributed by atoms with Gasteiger partial charge in [-0.2, -0.15) is 0 Å². The molecule has 0 aromatic heterocycles. The van der Waals surface area contributed by atoms with Crippen LogP contribution in [0.2, 0.25) is 0 Å². The number of hydrogen-bond acceptors (Lipinski definition) is 4. The van der Waals surface area contributed by atoms with E-state index < -0.39 is 23.9 Å². The summed E-state index contributed by atoms with van der Waals surface area (Å²) >= 11 is 0. The fourth-order valence-corrected chi connectivity index (χ4v) is 0.950. The largest absolute Gasteiger partial charge is 0.480 e. The molecule has 0 saturated heterocycles. The van der Waals surface area contributed by atoms with Gasteiger partial charge in [-0.15, -0.1) is 6.58 Å². The number of methoxy groups -OCH3 is 1. The number of esters is 1. The molecule has 0 aromatic rings. The summed E-state index contributed by atoms with van der Waals surface area (Å²) in [7, 11) is 1.15. The van der Waals surface area contributed by atoms with Crippen LogP contribution in [0.15, 0.2) is 12.7 Å². The third-order valence-corrected chi connectivity index (χ3v) is 1.81. The molecule has 0 rings (SSSR count). The Balaban J connectivity index is 4.22. The smallest absolute Gasteiger partial charge is 0.326 e. The molecule has 2 N–H and O–H groups in total. The summed E-state index contributed by atoms with van der Waals surface area (Å²) in [5, 5.41) is 11.0. The summed E-state index contributed by atoms with van der Waals surface area (Å²) in [5.41, 5.74) is 0. The first-order valence-electron chi connectivity index (χ1n) is 4.71. The minimum atomic E-state index is -1.27. The highest BCUT2D eigenvalue weighted by Gasteiger charge is 2.23. The van der Waals surface area contributed by atoms with Crippen molar-refractivity contribution >= 4 is 17.8 Å². The van der Waals surface area contributed by atoms with Gasteiger partial charge in [0.1, 0.15) is 6.04 Å². The number of allylic oxidation sites excluding steroid dienone is 1. The second-order valence-corrected chi connectivity index (χ2v) is 3.07. The Labute approximate surface area is 93.3 Å². The van der Waals surface area contributed by atoms with Crippen molar-refractivity contribution in [2.75, 3.05) is 7.11 Å². The van der Waals surface area contributed by atoms with Crippen molar-refractivity contribution in [3.63, 3.8) is 0 Å². The van der Waals surface area contributed by atoms with Crippen LogP contribution in [-0.2, 0) is 19.1 Å². The summed E-state index contributed by atoms with van der Waals surface area (Å²) in [6.07, 6.45) is 1.77. The molecule has 1 unspecified atom stereocenters. The Bertz CT molecular complexity index is 287. The molecule has 0 aromatic carbocycles. The molecule has 0 aliphatic rings. The molecule has 6 nitrogen and oxygen atoms in total. The summed E-state index contributed by atoms with van der Waals surface area (Å²) in [5.74, 6) is -2.38. The third kappa shape index (κ3) is 5.79. The van der Waals surface area contributed by atoms with Gasteiger partial charge in [0, 0.05) is 6.42 Å². The molecule has 0 fully saturated rings. The summed E-state index contributed by atoms with van der Waals surface area (Å²) < 4.78 is 4.32. The number of aliphatic carboxylic acids is 1. The second-order valence-electron chi connectivity index (χ2n) is 3.07. The van der Waals surface area contributed by atoms with Gasteiger partial charge in [0.2, 0.25) is 5.91 Å². The zero-order chi connectivity index (χ0) is 12.6. The number of rotatable bonds is 7. The first kappa shape index (κ1) is 14.2. The summed E-state index contributed by atoms with van der Waals surface area (Å²) in [4.78, 5) is 32.8. The minimum Gasteiger partial charge on any atom is -0.480 e. The first-order chi connectivity index (χ1) is 7.51. The van der Waals surface area contributed by atoms with Crippen LogP contribution >= 0.6 is 0 Å². The highest BCUT2D eigenvalue weighted by molar-refractivity contribution is 5.87. The van der Waals surface area contributed by atoms with Crippen LogP contribution in [0.5, 0.6) is 0 Å². The quantitative estimate of drug-likeness (QED) is 0.476. The summed E-state index contributed by atoms with van der Waals surface area (Å²) in [6, 6.07) is -1.25. The van der Waals surface area contributed by atoms with Crippen molar-refractivity contribution in [3.05, 3.63) is 12.7 Å². The standard InChI is InChI=1S/C10H15NO5/c1-3-4-5-8(12)11-7(10(14)15)6-9(13)16-2/h3,7H,1,4-6H2,2H3,(H,11,12)(H,14,15). The topological polar surface area (TPSA) is 92.7 Å². The monoisotopic (exact) mass is 229 g/mol. The lowest BCUT2D eigenvalue weighted by Gasteiger charge is -2.12. The number of carbonyl (C=O) groups excluding carboxylic acids is 2. The Kier molecular flexibility index (Phi) is 6.58. The molecule has 0 spiro atoms. The molecule has 6 heteroatoms. The van der Waals surface area contributed by atoms with Crippen LogP contribution in [0.4, 0.5) is 0 Å². The third-order valence-electron chi connectivity index (χ3n) is 1.81. The van der Waals surface area contributed by atoms with E-state index >= 15 is 0 Å². The normalized spacial score (nSPS) is 11.3. The molecule has 0 heterocycles. The average Bonchev–Trinajstić information content (AvgIpc) is 2.24. The van der Waals surface area contributed by atoms with Gasteiger partial charge < -0.3 is 15.2 Å². The van der Waals surface area contributed by atoms with Gasteiger partial charge in [-0.3, -0.25) is 9.59 Å². The lowest BCUT2D eigenvalue weighted by molar-refractivity contribution is -0.148. The van der Waals surface area contributed by atoms with Crippen molar-refractivity contribution in [1.29, 1.82) is 0 Å². The van der Waals surface area contributed by atoms with E-state index in [4.69, 9.17) is 5.11 Å². The van der Waals surface area contributed by atoms with Gasteiger partial charge in [-0.05, 0) is 6.42 Å². The number of amides is 1. The number of carboxylic acids is 1. The van der Waals surface area contributed by atoms with Crippen LogP contribution in [0, 0.1) is 0 Å². The van der Waals surface area contributed by atoms with Crippen LogP contribution in [0.1, 0.15) is 19.3 Å². The second kappa shape index (κ2) is 7.44. The van der Waals surface area contributed by atoms with Gasteiger partial charge >= 0.3 is 11.9 Å². The SMILES string of the molecule is C=CCCC(=O)NC(CC(=O)OC)C(=O)O. The number of hydrogen-bond donors (Lipinski definition) is 2. The fraction of sp³-hybridized carbons (Fsp3) is 0.500. The Morgan fingerprint density at radius 3 is 2.56 bits per heavy atom.